The van der Waals surface area contributed by atoms with Gasteiger partial charge in [-0.2, -0.15) is 13.2 Å². The first-order chi connectivity index (χ1) is 9.29. The maximum absolute atomic E-state index is 12.3. The zero-order valence-corrected chi connectivity index (χ0v) is 10.2. The zero-order chi connectivity index (χ0) is 14.9. The van der Waals surface area contributed by atoms with Crippen LogP contribution in [-0.4, -0.2) is 46.1 Å². The number of rotatable bonds is 2. The average Bonchev–Trinajstić information content (AvgIpc) is 2.86. The van der Waals surface area contributed by atoms with Crippen molar-refractivity contribution in [3.05, 3.63) is 17.8 Å². The van der Waals surface area contributed by atoms with Crippen molar-refractivity contribution in [1.29, 1.82) is 0 Å². The van der Waals surface area contributed by atoms with Gasteiger partial charge in [-0.1, -0.05) is 0 Å². The van der Waals surface area contributed by atoms with Gasteiger partial charge in [-0.15, -0.1) is 0 Å². The Kier molecular flexibility index (Phi) is 3.69. The summed E-state index contributed by atoms with van der Waals surface area (Å²) in [6.07, 6.45) is -3.31. The van der Waals surface area contributed by atoms with E-state index in [0.29, 0.717) is 0 Å². The molecule has 1 N–H and O–H groups in total. The van der Waals surface area contributed by atoms with E-state index < -0.39 is 18.1 Å². The highest BCUT2D eigenvalue weighted by Gasteiger charge is 2.43. The number of nitrogens with zero attached hydrogens (tertiary/aromatic N) is 2. The predicted octanol–water partition coefficient (Wildman–Crippen LogP) is 1.64. The summed E-state index contributed by atoms with van der Waals surface area (Å²) in [7, 11) is 0. The minimum Gasteiger partial charge on any atom is -0.475 e. The molecule has 0 saturated carbocycles. The number of carbonyl (C=O) groups excluding carboxylic acids is 1. The smallest absolute Gasteiger partial charge is 0.471 e. The Labute approximate surface area is 111 Å². The van der Waals surface area contributed by atoms with Crippen LogP contribution < -0.4 is 0 Å². The topological polar surface area (TPSA) is 83.6 Å². The molecular weight excluding hydrogens is 281 g/mol. The molecule has 9 heteroatoms. The number of hydrogen-bond donors (Lipinski definition) is 1. The number of carboxylic acid groups (broad SMARTS) is 1. The van der Waals surface area contributed by atoms with Gasteiger partial charge in [0.25, 0.3) is 0 Å². The highest BCUT2D eigenvalue weighted by molar-refractivity contribution is 5.83. The molecule has 2 rings (SSSR count). The third-order valence-corrected chi connectivity index (χ3v) is 3.11. The molecule has 1 fully saturated rings. The van der Waals surface area contributed by atoms with Gasteiger partial charge in [0.2, 0.25) is 5.76 Å². The maximum atomic E-state index is 12.3. The molecule has 0 aromatic carbocycles. The van der Waals surface area contributed by atoms with Gasteiger partial charge >= 0.3 is 18.1 Å². The Balaban J connectivity index is 1.97. The number of piperidine rings is 1. The summed E-state index contributed by atoms with van der Waals surface area (Å²) >= 11 is 0. The molecule has 1 aliphatic rings. The minimum absolute atomic E-state index is 0.0617. The van der Waals surface area contributed by atoms with Gasteiger partial charge in [0.1, 0.15) is 0 Å². The van der Waals surface area contributed by atoms with Crippen LogP contribution in [0.4, 0.5) is 13.2 Å². The number of aromatic carboxylic acids is 1. The van der Waals surface area contributed by atoms with Crippen LogP contribution in [-0.2, 0) is 4.79 Å². The van der Waals surface area contributed by atoms with Crippen molar-refractivity contribution in [2.75, 3.05) is 13.1 Å². The molecule has 0 aliphatic carbocycles. The first-order valence-electron chi connectivity index (χ1n) is 5.84. The number of likely N-dealkylation sites (tertiary alicyclic amines) is 1. The molecule has 110 valence electrons. The fourth-order valence-corrected chi connectivity index (χ4v) is 2.08. The Hall–Kier alpha value is -2.06. The van der Waals surface area contributed by atoms with Crippen molar-refractivity contribution in [3.63, 3.8) is 0 Å². The summed E-state index contributed by atoms with van der Waals surface area (Å²) in [5.74, 6) is -3.52. The molecule has 1 aromatic rings. The summed E-state index contributed by atoms with van der Waals surface area (Å²) < 4.78 is 41.8. The second kappa shape index (κ2) is 5.14. The van der Waals surface area contributed by atoms with Crippen LogP contribution >= 0.6 is 0 Å². The second-order valence-electron chi connectivity index (χ2n) is 4.43. The number of carbonyl (C=O) groups is 2. The van der Waals surface area contributed by atoms with Crippen LogP contribution in [0.1, 0.15) is 35.2 Å². The number of oxazole rings is 1. The zero-order valence-electron chi connectivity index (χ0n) is 10.2. The molecule has 1 saturated heterocycles. The van der Waals surface area contributed by atoms with Crippen LogP contribution in [0.15, 0.2) is 10.6 Å². The van der Waals surface area contributed by atoms with Gasteiger partial charge in [-0.05, 0) is 12.8 Å². The number of hydrogen-bond acceptors (Lipinski definition) is 4. The maximum Gasteiger partial charge on any atom is 0.471 e. The normalized spacial score (nSPS) is 17.2. The quantitative estimate of drug-likeness (QED) is 0.895. The fourth-order valence-electron chi connectivity index (χ4n) is 2.08. The van der Waals surface area contributed by atoms with Crippen molar-refractivity contribution in [2.45, 2.75) is 24.9 Å². The fraction of sp³-hybridized carbons (Fsp3) is 0.545. The molecule has 1 aromatic heterocycles. The van der Waals surface area contributed by atoms with Crippen molar-refractivity contribution in [1.82, 2.24) is 9.88 Å². The van der Waals surface area contributed by atoms with Crippen LogP contribution in [0.5, 0.6) is 0 Å². The van der Waals surface area contributed by atoms with Crippen molar-refractivity contribution < 1.29 is 32.3 Å². The van der Waals surface area contributed by atoms with E-state index in [1.807, 2.05) is 0 Å². The van der Waals surface area contributed by atoms with E-state index in [1.54, 1.807) is 0 Å². The van der Waals surface area contributed by atoms with Crippen molar-refractivity contribution in [2.24, 2.45) is 0 Å². The first kappa shape index (κ1) is 14.4. The molecule has 0 radical (unpaired) electrons. The molecule has 2 heterocycles. The summed E-state index contributed by atoms with van der Waals surface area (Å²) in [6, 6.07) is 0. The van der Waals surface area contributed by atoms with E-state index in [-0.39, 0.29) is 43.5 Å². The van der Waals surface area contributed by atoms with Gasteiger partial charge < -0.3 is 14.4 Å². The van der Waals surface area contributed by atoms with Gasteiger partial charge in [0, 0.05) is 19.0 Å². The lowest BCUT2D eigenvalue weighted by Gasteiger charge is -2.30. The Morgan fingerprint density at radius 2 is 1.95 bits per heavy atom. The van der Waals surface area contributed by atoms with Crippen LogP contribution in [0.3, 0.4) is 0 Å². The number of alkyl halides is 3. The molecule has 0 spiro atoms. The highest BCUT2D eigenvalue weighted by atomic mass is 19.4. The molecule has 6 nitrogen and oxygen atoms in total. The van der Waals surface area contributed by atoms with Gasteiger partial charge in [0.05, 0.1) is 6.20 Å². The lowest BCUT2D eigenvalue weighted by molar-refractivity contribution is -0.186. The largest absolute Gasteiger partial charge is 0.475 e. The van der Waals surface area contributed by atoms with E-state index in [0.717, 1.165) is 11.1 Å². The molecule has 0 unspecified atom stereocenters. The third-order valence-electron chi connectivity index (χ3n) is 3.11. The lowest BCUT2D eigenvalue weighted by atomic mass is 9.97. The SMILES string of the molecule is O=C(O)c1cnc(C2CCN(C(=O)C(F)(F)F)CC2)o1. The van der Waals surface area contributed by atoms with Crippen LogP contribution in [0.25, 0.3) is 0 Å². The van der Waals surface area contributed by atoms with E-state index in [1.165, 1.54) is 0 Å². The first-order valence-corrected chi connectivity index (χ1v) is 5.84. The monoisotopic (exact) mass is 292 g/mol. The van der Waals surface area contributed by atoms with Gasteiger partial charge in [0.15, 0.2) is 5.89 Å². The van der Waals surface area contributed by atoms with E-state index >= 15 is 0 Å². The van der Waals surface area contributed by atoms with E-state index in [2.05, 4.69) is 4.98 Å². The van der Waals surface area contributed by atoms with Crippen molar-refractivity contribution in [3.8, 4) is 0 Å². The Bertz CT molecular complexity index is 518. The molecule has 1 aliphatic heterocycles. The average molecular weight is 292 g/mol. The third kappa shape index (κ3) is 2.91. The Morgan fingerprint density at radius 1 is 1.35 bits per heavy atom. The summed E-state index contributed by atoms with van der Waals surface area (Å²) in [4.78, 5) is 26.2. The molecular formula is C11H11F3N2O4. The minimum atomic E-state index is -4.87. The van der Waals surface area contributed by atoms with Gasteiger partial charge in [-0.25, -0.2) is 9.78 Å². The molecule has 0 atom stereocenters. The predicted molar refractivity (Wildman–Crippen MR) is 58.1 cm³/mol. The Morgan fingerprint density at radius 3 is 2.40 bits per heavy atom. The number of halogens is 3. The standard InChI is InChI=1S/C11H11F3N2O4/c12-11(13,14)10(19)16-3-1-6(2-4-16)8-15-5-7(20-8)9(17)18/h5-6H,1-4H2,(H,17,18). The van der Waals surface area contributed by atoms with Crippen LogP contribution in [0, 0.1) is 0 Å². The molecule has 1 amide bonds. The van der Waals surface area contributed by atoms with Crippen molar-refractivity contribution >= 4 is 11.9 Å². The summed E-state index contributed by atoms with van der Waals surface area (Å²) in [6.45, 7) is -0.123. The summed E-state index contributed by atoms with van der Waals surface area (Å²) in [5.41, 5.74) is 0. The van der Waals surface area contributed by atoms with Gasteiger partial charge in [-0.3, -0.25) is 4.79 Å². The number of carboxylic acids is 1. The highest BCUT2D eigenvalue weighted by Crippen LogP contribution is 2.29. The molecule has 20 heavy (non-hydrogen) atoms. The molecule has 0 bridgehead atoms. The summed E-state index contributed by atoms with van der Waals surface area (Å²) in [5, 5.41) is 8.69. The lowest BCUT2D eigenvalue weighted by Crippen LogP contribution is -2.45. The van der Waals surface area contributed by atoms with Crippen LogP contribution in [0.2, 0.25) is 0 Å². The van der Waals surface area contributed by atoms with E-state index in [4.69, 9.17) is 9.52 Å². The number of aromatic nitrogens is 1. The number of amides is 1. The second-order valence-corrected chi connectivity index (χ2v) is 4.43. The van der Waals surface area contributed by atoms with E-state index in [9.17, 15) is 22.8 Å².